The summed E-state index contributed by atoms with van der Waals surface area (Å²) >= 11 is 4.38. The van der Waals surface area contributed by atoms with E-state index < -0.39 is 0 Å². The molecule has 152 valence electrons. The Labute approximate surface area is 183 Å². The van der Waals surface area contributed by atoms with Crippen molar-refractivity contribution in [2.24, 2.45) is 0 Å². The van der Waals surface area contributed by atoms with E-state index in [1.165, 1.54) is 4.90 Å². The largest absolute Gasteiger partial charge is 0.490 e. The Balaban J connectivity index is 1.79. The standard InChI is InChI=1S/C22H22BrNO4S/c1-4-27-19-11-16(12-20-21(25)24(14(2)3)22(26)29-20)7-10-18(19)28-13-15-5-8-17(23)9-6-15/h5-12,14H,4,13H2,1-3H3/b20-12-. The first-order chi connectivity index (χ1) is 13.9. The molecule has 0 aromatic heterocycles. The molecule has 1 fully saturated rings. The lowest BCUT2D eigenvalue weighted by Gasteiger charge is -2.16. The van der Waals surface area contributed by atoms with Gasteiger partial charge in [0.05, 0.1) is 11.5 Å². The monoisotopic (exact) mass is 475 g/mol. The lowest BCUT2D eigenvalue weighted by molar-refractivity contribution is -0.123. The van der Waals surface area contributed by atoms with Crippen LogP contribution in [-0.2, 0) is 11.4 Å². The zero-order valence-corrected chi connectivity index (χ0v) is 18.9. The molecule has 1 aliphatic heterocycles. The average molecular weight is 476 g/mol. The fourth-order valence-corrected chi connectivity index (χ4v) is 4.05. The molecule has 7 heteroatoms. The fraction of sp³-hybridized carbons (Fsp3) is 0.273. The zero-order chi connectivity index (χ0) is 21.0. The van der Waals surface area contributed by atoms with Gasteiger partial charge in [0.25, 0.3) is 11.1 Å². The number of benzene rings is 2. The molecular formula is C22H22BrNO4S. The summed E-state index contributed by atoms with van der Waals surface area (Å²) in [5.41, 5.74) is 1.82. The number of ether oxygens (including phenoxy) is 2. The van der Waals surface area contributed by atoms with Crippen molar-refractivity contribution in [3.8, 4) is 11.5 Å². The molecule has 0 radical (unpaired) electrons. The third-order valence-electron chi connectivity index (χ3n) is 4.21. The molecule has 5 nitrogen and oxygen atoms in total. The number of carbonyl (C=O) groups excluding carboxylic acids is 2. The molecule has 2 aromatic rings. The van der Waals surface area contributed by atoms with E-state index in [0.717, 1.165) is 27.4 Å². The second kappa shape index (κ2) is 9.50. The number of amides is 2. The summed E-state index contributed by atoms with van der Waals surface area (Å²) in [5, 5.41) is -0.240. The molecule has 0 atom stereocenters. The Morgan fingerprint density at radius 2 is 1.79 bits per heavy atom. The molecule has 29 heavy (non-hydrogen) atoms. The van der Waals surface area contributed by atoms with Crippen molar-refractivity contribution in [3.63, 3.8) is 0 Å². The first-order valence-corrected chi connectivity index (χ1v) is 10.9. The molecule has 1 saturated heterocycles. The van der Waals surface area contributed by atoms with E-state index in [1.54, 1.807) is 6.08 Å². The van der Waals surface area contributed by atoms with Crippen LogP contribution in [-0.4, -0.2) is 28.7 Å². The highest BCUT2D eigenvalue weighted by Gasteiger charge is 2.36. The Morgan fingerprint density at radius 3 is 2.41 bits per heavy atom. The van der Waals surface area contributed by atoms with Crippen LogP contribution in [0.5, 0.6) is 11.5 Å². The second-order valence-electron chi connectivity index (χ2n) is 6.70. The molecule has 2 aromatic carbocycles. The second-order valence-corrected chi connectivity index (χ2v) is 8.61. The van der Waals surface area contributed by atoms with Gasteiger partial charge < -0.3 is 9.47 Å². The number of thioether (sulfide) groups is 1. The minimum Gasteiger partial charge on any atom is -0.490 e. The van der Waals surface area contributed by atoms with Gasteiger partial charge in [0, 0.05) is 10.5 Å². The van der Waals surface area contributed by atoms with Gasteiger partial charge in [-0.15, -0.1) is 0 Å². The highest BCUT2D eigenvalue weighted by molar-refractivity contribution is 9.10. The summed E-state index contributed by atoms with van der Waals surface area (Å²) in [6, 6.07) is 13.2. The quantitative estimate of drug-likeness (QED) is 0.468. The van der Waals surface area contributed by atoms with E-state index in [4.69, 9.17) is 9.47 Å². The summed E-state index contributed by atoms with van der Waals surface area (Å²) in [5.74, 6) is 0.965. The molecule has 0 bridgehead atoms. The highest BCUT2D eigenvalue weighted by atomic mass is 79.9. The molecular weight excluding hydrogens is 454 g/mol. The van der Waals surface area contributed by atoms with Crippen molar-refractivity contribution in [3.05, 3.63) is 63.0 Å². The summed E-state index contributed by atoms with van der Waals surface area (Å²) in [6.45, 7) is 6.45. The van der Waals surface area contributed by atoms with Crippen LogP contribution in [0, 0.1) is 0 Å². The van der Waals surface area contributed by atoms with Gasteiger partial charge in [-0.3, -0.25) is 14.5 Å². The summed E-state index contributed by atoms with van der Waals surface area (Å²) in [4.78, 5) is 26.2. The smallest absolute Gasteiger partial charge is 0.293 e. The van der Waals surface area contributed by atoms with Crippen molar-refractivity contribution in [2.45, 2.75) is 33.4 Å². The molecule has 1 aliphatic rings. The number of hydrogen-bond acceptors (Lipinski definition) is 5. The van der Waals surface area contributed by atoms with Crippen LogP contribution in [0.4, 0.5) is 4.79 Å². The van der Waals surface area contributed by atoms with E-state index in [-0.39, 0.29) is 17.2 Å². The molecule has 0 N–H and O–H groups in total. The lowest BCUT2D eigenvalue weighted by Crippen LogP contribution is -2.34. The van der Waals surface area contributed by atoms with E-state index in [9.17, 15) is 9.59 Å². The van der Waals surface area contributed by atoms with Crippen molar-refractivity contribution in [2.75, 3.05) is 6.61 Å². The minimum atomic E-state index is -0.261. The summed E-state index contributed by atoms with van der Waals surface area (Å²) < 4.78 is 12.7. The molecule has 0 spiro atoms. The maximum Gasteiger partial charge on any atom is 0.293 e. The fourth-order valence-electron chi connectivity index (χ4n) is 2.82. The molecule has 2 amide bonds. The first kappa shape index (κ1) is 21.5. The summed E-state index contributed by atoms with van der Waals surface area (Å²) in [7, 11) is 0. The van der Waals surface area contributed by atoms with Gasteiger partial charge in [-0.1, -0.05) is 34.1 Å². The molecule has 0 saturated carbocycles. The third-order valence-corrected chi connectivity index (χ3v) is 5.63. The van der Waals surface area contributed by atoms with Gasteiger partial charge in [-0.2, -0.15) is 0 Å². The van der Waals surface area contributed by atoms with Crippen LogP contribution in [0.2, 0.25) is 0 Å². The van der Waals surface area contributed by atoms with Crippen LogP contribution in [0.25, 0.3) is 6.08 Å². The summed E-state index contributed by atoms with van der Waals surface area (Å²) in [6.07, 6.45) is 1.72. The number of carbonyl (C=O) groups is 2. The number of nitrogens with zero attached hydrogens (tertiary/aromatic N) is 1. The van der Waals surface area contributed by atoms with Gasteiger partial charge in [0.2, 0.25) is 0 Å². The average Bonchev–Trinajstić information content (AvgIpc) is 2.96. The molecule has 0 unspecified atom stereocenters. The van der Waals surface area contributed by atoms with Crippen LogP contribution < -0.4 is 9.47 Å². The number of rotatable bonds is 7. The van der Waals surface area contributed by atoms with Crippen molar-refractivity contribution in [1.29, 1.82) is 0 Å². The van der Waals surface area contributed by atoms with Crippen molar-refractivity contribution >= 4 is 44.9 Å². The highest BCUT2D eigenvalue weighted by Crippen LogP contribution is 2.35. The Morgan fingerprint density at radius 1 is 1.07 bits per heavy atom. The lowest BCUT2D eigenvalue weighted by atomic mass is 10.1. The SMILES string of the molecule is CCOc1cc(/C=C2\SC(=O)N(C(C)C)C2=O)ccc1OCc1ccc(Br)cc1. The van der Waals surface area contributed by atoms with Crippen LogP contribution in [0.15, 0.2) is 51.8 Å². The third kappa shape index (κ3) is 5.22. The van der Waals surface area contributed by atoms with E-state index >= 15 is 0 Å². The van der Waals surface area contributed by atoms with Crippen LogP contribution in [0.1, 0.15) is 31.9 Å². The molecule has 3 rings (SSSR count). The van der Waals surface area contributed by atoms with Gasteiger partial charge in [0.15, 0.2) is 11.5 Å². The Kier molecular flexibility index (Phi) is 7.03. The van der Waals surface area contributed by atoms with Crippen molar-refractivity contribution < 1.29 is 19.1 Å². The number of halogens is 1. The predicted octanol–water partition coefficient (Wildman–Crippen LogP) is 5.87. The van der Waals surface area contributed by atoms with Gasteiger partial charge in [0.1, 0.15) is 6.61 Å². The van der Waals surface area contributed by atoms with Gasteiger partial charge in [-0.05, 0) is 74.0 Å². The first-order valence-electron chi connectivity index (χ1n) is 9.30. The van der Waals surface area contributed by atoms with Gasteiger partial charge in [-0.25, -0.2) is 0 Å². The van der Waals surface area contributed by atoms with Crippen LogP contribution >= 0.6 is 27.7 Å². The Bertz CT molecular complexity index is 940. The maximum absolute atomic E-state index is 12.5. The van der Waals surface area contributed by atoms with Crippen LogP contribution in [0.3, 0.4) is 0 Å². The topological polar surface area (TPSA) is 55.8 Å². The molecule has 0 aliphatic carbocycles. The van der Waals surface area contributed by atoms with E-state index in [1.807, 2.05) is 63.2 Å². The molecule has 1 heterocycles. The zero-order valence-electron chi connectivity index (χ0n) is 16.5. The maximum atomic E-state index is 12.5. The van der Waals surface area contributed by atoms with Crippen molar-refractivity contribution in [1.82, 2.24) is 4.90 Å². The van der Waals surface area contributed by atoms with E-state index in [0.29, 0.717) is 29.6 Å². The Hall–Kier alpha value is -2.25. The minimum absolute atomic E-state index is 0.165. The van der Waals surface area contributed by atoms with E-state index in [2.05, 4.69) is 15.9 Å². The normalized spacial score (nSPS) is 15.5. The number of imide groups is 1. The predicted molar refractivity (Wildman–Crippen MR) is 119 cm³/mol. The number of hydrogen-bond donors (Lipinski definition) is 0. The van der Waals surface area contributed by atoms with Gasteiger partial charge >= 0.3 is 0 Å².